The summed E-state index contributed by atoms with van der Waals surface area (Å²) in [6.07, 6.45) is 3.09. The van der Waals surface area contributed by atoms with E-state index in [1.54, 1.807) is 12.1 Å². The van der Waals surface area contributed by atoms with Crippen LogP contribution in [0, 0.1) is 0 Å². The zero-order chi connectivity index (χ0) is 18.5. The fourth-order valence-electron chi connectivity index (χ4n) is 2.63. The Balaban J connectivity index is 1.37. The second-order valence-corrected chi connectivity index (χ2v) is 5.89. The smallest absolute Gasteiger partial charge is 0.331 e. The van der Waals surface area contributed by atoms with Crippen LogP contribution in [0.2, 0.25) is 0 Å². The van der Waals surface area contributed by atoms with Crippen LogP contribution in [0.1, 0.15) is 11.3 Å². The Labute approximate surface area is 156 Å². The highest BCUT2D eigenvalue weighted by molar-refractivity contribution is 5.87. The van der Waals surface area contributed by atoms with E-state index in [4.69, 9.17) is 18.7 Å². The zero-order valence-corrected chi connectivity index (χ0v) is 14.5. The van der Waals surface area contributed by atoms with E-state index in [0.29, 0.717) is 36.2 Å². The molecular formula is C21H17NO5. The number of aromatic nitrogens is 1. The van der Waals surface area contributed by atoms with Crippen molar-refractivity contribution in [3.8, 4) is 22.8 Å². The lowest BCUT2D eigenvalue weighted by Crippen LogP contribution is -2.15. The van der Waals surface area contributed by atoms with Gasteiger partial charge in [0.1, 0.15) is 25.5 Å². The molecule has 6 heteroatoms. The van der Waals surface area contributed by atoms with E-state index in [9.17, 15) is 4.79 Å². The predicted molar refractivity (Wildman–Crippen MR) is 98.2 cm³/mol. The molecule has 0 aliphatic carbocycles. The number of nitrogens with zero attached hydrogens (tertiary/aromatic N) is 1. The number of fused-ring (bicyclic) bond motifs is 1. The molecule has 1 aliphatic rings. The van der Waals surface area contributed by atoms with Gasteiger partial charge in [0.2, 0.25) is 0 Å². The average Bonchev–Trinajstić information content (AvgIpc) is 3.20. The molecule has 1 aliphatic heterocycles. The Hall–Kier alpha value is -3.54. The summed E-state index contributed by atoms with van der Waals surface area (Å²) in [7, 11) is 0. The summed E-state index contributed by atoms with van der Waals surface area (Å²) in [6, 6.07) is 16.8. The average molecular weight is 363 g/mol. The van der Waals surface area contributed by atoms with E-state index < -0.39 is 5.97 Å². The minimum atomic E-state index is -0.442. The normalized spacial score (nSPS) is 12.9. The number of hydrogen-bond acceptors (Lipinski definition) is 6. The first-order valence-corrected chi connectivity index (χ1v) is 8.53. The number of ether oxygens (including phenoxy) is 3. The Kier molecular flexibility index (Phi) is 4.87. The quantitative estimate of drug-likeness (QED) is 0.506. The van der Waals surface area contributed by atoms with Crippen LogP contribution in [-0.4, -0.2) is 24.3 Å². The van der Waals surface area contributed by atoms with E-state index in [1.165, 1.54) is 6.08 Å². The number of carbonyl (C=O) groups is 1. The topological polar surface area (TPSA) is 70.8 Å². The molecule has 4 rings (SSSR count). The lowest BCUT2D eigenvalue weighted by molar-refractivity contribution is -0.139. The molecule has 136 valence electrons. The van der Waals surface area contributed by atoms with Gasteiger partial charge in [0, 0.05) is 17.7 Å². The molecule has 3 aromatic rings. The van der Waals surface area contributed by atoms with Gasteiger partial charge in [-0.25, -0.2) is 4.79 Å². The minimum absolute atomic E-state index is 0.0337. The Morgan fingerprint density at radius 3 is 2.70 bits per heavy atom. The van der Waals surface area contributed by atoms with E-state index in [-0.39, 0.29) is 6.61 Å². The van der Waals surface area contributed by atoms with Gasteiger partial charge in [-0.15, -0.1) is 0 Å². The molecule has 2 heterocycles. The van der Waals surface area contributed by atoms with E-state index in [1.807, 2.05) is 48.5 Å². The van der Waals surface area contributed by atoms with Crippen molar-refractivity contribution in [1.82, 2.24) is 5.16 Å². The molecule has 0 saturated heterocycles. The molecule has 2 aromatic carbocycles. The summed E-state index contributed by atoms with van der Waals surface area (Å²) >= 11 is 0. The predicted octanol–water partition coefficient (Wildman–Crippen LogP) is 3.87. The van der Waals surface area contributed by atoms with E-state index >= 15 is 0 Å². The molecule has 0 unspecified atom stereocenters. The maximum absolute atomic E-state index is 11.8. The highest BCUT2D eigenvalue weighted by Gasteiger charge is 2.15. The summed E-state index contributed by atoms with van der Waals surface area (Å²) < 4.78 is 21.6. The second-order valence-electron chi connectivity index (χ2n) is 5.89. The molecule has 1 aromatic heterocycles. The zero-order valence-electron chi connectivity index (χ0n) is 14.5. The van der Waals surface area contributed by atoms with Crippen LogP contribution in [0.25, 0.3) is 17.4 Å². The van der Waals surface area contributed by atoms with Crippen LogP contribution in [0.3, 0.4) is 0 Å². The van der Waals surface area contributed by atoms with Gasteiger partial charge in [0.15, 0.2) is 17.3 Å². The molecule has 0 radical (unpaired) electrons. The van der Waals surface area contributed by atoms with Crippen LogP contribution in [-0.2, 0) is 16.1 Å². The van der Waals surface area contributed by atoms with Crippen LogP contribution < -0.4 is 9.47 Å². The molecule has 6 nitrogen and oxygen atoms in total. The molecule has 0 spiro atoms. The summed E-state index contributed by atoms with van der Waals surface area (Å²) in [6.45, 7) is 1.10. The molecule has 0 amide bonds. The Bertz CT molecular complexity index is 962. The molecule has 27 heavy (non-hydrogen) atoms. The molecule has 0 atom stereocenters. The minimum Gasteiger partial charge on any atom is -0.486 e. The largest absolute Gasteiger partial charge is 0.486 e. The number of esters is 1. The van der Waals surface area contributed by atoms with E-state index in [0.717, 1.165) is 11.1 Å². The van der Waals surface area contributed by atoms with Crippen LogP contribution in [0.15, 0.2) is 65.2 Å². The van der Waals surface area contributed by atoms with Crippen molar-refractivity contribution in [3.63, 3.8) is 0 Å². The fourth-order valence-corrected chi connectivity index (χ4v) is 2.63. The first-order valence-electron chi connectivity index (χ1n) is 8.53. The third kappa shape index (κ3) is 4.17. The summed E-state index contributed by atoms with van der Waals surface area (Å²) in [5.74, 6) is 1.51. The number of carbonyl (C=O) groups excluding carboxylic acids is 1. The van der Waals surface area contributed by atoms with Crippen molar-refractivity contribution < 1.29 is 23.5 Å². The van der Waals surface area contributed by atoms with E-state index in [2.05, 4.69) is 5.16 Å². The molecule has 0 N–H and O–H groups in total. The highest BCUT2D eigenvalue weighted by atomic mass is 16.6. The van der Waals surface area contributed by atoms with Gasteiger partial charge in [-0.1, -0.05) is 35.5 Å². The van der Waals surface area contributed by atoms with Crippen molar-refractivity contribution in [3.05, 3.63) is 71.9 Å². The molecule has 0 fully saturated rings. The Morgan fingerprint density at radius 1 is 1.04 bits per heavy atom. The number of benzene rings is 2. The number of rotatable bonds is 5. The second kappa shape index (κ2) is 7.78. The van der Waals surface area contributed by atoms with Gasteiger partial charge in [0.25, 0.3) is 0 Å². The summed E-state index contributed by atoms with van der Waals surface area (Å²) in [4.78, 5) is 11.8. The fraction of sp³-hybridized carbons (Fsp3) is 0.143. The van der Waals surface area contributed by atoms with Gasteiger partial charge in [-0.3, -0.25) is 0 Å². The van der Waals surface area contributed by atoms with Crippen molar-refractivity contribution in [1.29, 1.82) is 0 Å². The van der Waals surface area contributed by atoms with Crippen molar-refractivity contribution in [2.75, 3.05) is 13.2 Å². The van der Waals surface area contributed by atoms with Gasteiger partial charge in [-0.05, 0) is 29.8 Å². The summed E-state index contributed by atoms with van der Waals surface area (Å²) in [5, 5.41) is 3.95. The van der Waals surface area contributed by atoms with Crippen molar-refractivity contribution >= 4 is 12.0 Å². The maximum atomic E-state index is 11.8. The Morgan fingerprint density at radius 2 is 1.85 bits per heavy atom. The number of hydrogen-bond donors (Lipinski definition) is 0. The van der Waals surface area contributed by atoms with Crippen molar-refractivity contribution in [2.24, 2.45) is 0 Å². The SMILES string of the molecule is O=C(/C=C\c1ccccc1)OCc1cc(-c2ccc3c(c2)OCCO3)on1. The first kappa shape index (κ1) is 16.9. The lowest BCUT2D eigenvalue weighted by atomic mass is 10.1. The molecule has 0 saturated carbocycles. The van der Waals surface area contributed by atoms with Gasteiger partial charge in [-0.2, -0.15) is 0 Å². The first-order chi connectivity index (χ1) is 13.3. The van der Waals surface area contributed by atoms with Crippen LogP contribution in [0.5, 0.6) is 11.5 Å². The maximum Gasteiger partial charge on any atom is 0.331 e. The third-order valence-corrected chi connectivity index (χ3v) is 3.96. The van der Waals surface area contributed by atoms with Gasteiger partial charge >= 0.3 is 5.97 Å². The van der Waals surface area contributed by atoms with Gasteiger partial charge in [0.05, 0.1) is 0 Å². The van der Waals surface area contributed by atoms with Gasteiger partial charge < -0.3 is 18.7 Å². The third-order valence-electron chi connectivity index (χ3n) is 3.96. The van der Waals surface area contributed by atoms with Crippen LogP contribution in [0.4, 0.5) is 0 Å². The van der Waals surface area contributed by atoms with Crippen LogP contribution >= 0.6 is 0 Å². The standard InChI is InChI=1S/C21H17NO5/c23-21(9-6-15-4-2-1-3-5-15)26-14-17-13-19(27-22-17)16-7-8-18-20(12-16)25-11-10-24-18/h1-9,12-13H,10-11,14H2/b9-6-. The molecular weight excluding hydrogens is 346 g/mol. The monoisotopic (exact) mass is 363 g/mol. The lowest BCUT2D eigenvalue weighted by Gasteiger charge is -2.18. The van der Waals surface area contributed by atoms with Crippen molar-refractivity contribution in [2.45, 2.75) is 6.61 Å². The molecule has 0 bridgehead atoms. The summed E-state index contributed by atoms with van der Waals surface area (Å²) in [5.41, 5.74) is 2.27. The highest BCUT2D eigenvalue weighted by Crippen LogP contribution is 2.34.